The molecule has 3 heteroatoms. The second-order valence-corrected chi connectivity index (χ2v) is 7.32. The molecule has 126 valence electrons. The third-order valence-electron chi connectivity index (χ3n) is 5.57. The second-order valence-electron chi connectivity index (χ2n) is 7.32. The molecule has 0 aliphatic heterocycles. The maximum atomic E-state index is 13.1. The van der Waals surface area contributed by atoms with Gasteiger partial charge in [-0.05, 0) is 56.1 Å². The van der Waals surface area contributed by atoms with Crippen LogP contribution in [-0.2, 0) is 17.6 Å². The van der Waals surface area contributed by atoms with E-state index >= 15 is 0 Å². The molecule has 2 aliphatic carbocycles. The number of aryl methyl sites for hydroxylation is 1. The number of hydrogen-bond donors (Lipinski definition) is 1. The van der Waals surface area contributed by atoms with Crippen LogP contribution < -0.4 is 5.73 Å². The Morgan fingerprint density at radius 3 is 2.74 bits per heavy atom. The Labute approximate surface area is 140 Å². The number of nitrogens with two attached hydrogens (primary N) is 1. The Morgan fingerprint density at radius 2 is 2.00 bits per heavy atom. The van der Waals surface area contributed by atoms with Gasteiger partial charge in [-0.3, -0.25) is 4.79 Å². The van der Waals surface area contributed by atoms with Crippen LogP contribution in [0.3, 0.4) is 0 Å². The number of benzene rings is 1. The van der Waals surface area contributed by atoms with E-state index in [1.807, 2.05) is 0 Å². The van der Waals surface area contributed by atoms with Gasteiger partial charge in [0.05, 0.1) is 0 Å². The van der Waals surface area contributed by atoms with Gasteiger partial charge in [-0.25, -0.2) is 0 Å². The molecule has 3 atom stereocenters. The first-order valence-corrected chi connectivity index (χ1v) is 9.32. The highest BCUT2D eigenvalue weighted by Crippen LogP contribution is 2.29. The minimum absolute atomic E-state index is 0.155. The molecule has 1 amide bonds. The monoisotopic (exact) mass is 314 g/mol. The second kappa shape index (κ2) is 7.48. The van der Waals surface area contributed by atoms with Gasteiger partial charge >= 0.3 is 0 Å². The summed E-state index contributed by atoms with van der Waals surface area (Å²) in [5.74, 6) is 0.522. The molecule has 1 saturated carbocycles. The summed E-state index contributed by atoms with van der Waals surface area (Å²) in [7, 11) is 0. The van der Waals surface area contributed by atoms with Gasteiger partial charge < -0.3 is 10.6 Å². The molecule has 23 heavy (non-hydrogen) atoms. The van der Waals surface area contributed by atoms with Crippen molar-refractivity contribution in [3.05, 3.63) is 35.4 Å². The highest BCUT2D eigenvalue weighted by Gasteiger charge is 2.33. The highest BCUT2D eigenvalue weighted by molar-refractivity contribution is 5.79. The summed E-state index contributed by atoms with van der Waals surface area (Å²) in [5.41, 5.74) is 9.00. The molecule has 0 aromatic heterocycles. The summed E-state index contributed by atoms with van der Waals surface area (Å²) < 4.78 is 0. The molecule has 0 spiro atoms. The number of carbonyl (C=O) groups is 1. The third kappa shape index (κ3) is 3.77. The summed E-state index contributed by atoms with van der Waals surface area (Å²) in [6.07, 6.45) is 8.32. The van der Waals surface area contributed by atoms with E-state index in [1.165, 1.54) is 11.1 Å². The van der Waals surface area contributed by atoms with Crippen molar-refractivity contribution in [2.24, 2.45) is 11.7 Å². The molecule has 1 aromatic rings. The van der Waals surface area contributed by atoms with E-state index in [-0.39, 0.29) is 12.0 Å². The van der Waals surface area contributed by atoms with Crippen molar-refractivity contribution in [2.45, 2.75) is 70.4 Å². The molecular weight excluding hydrogens is 284 g/mol. The van der Waals surface area contributed by atoms with E-state index in [0.717, 1.165) is 57.9 Å². The first-order chi connectivity index (χ1) is 11.2. The Balaban J connectivity index is 1.72. The lowest BCUT2D eigenvalue weighted by molar-refractivity contribution is -0.139. The number of rotatable bonds is 4. The van der Waals surface area contributed by atoms with Gasteiger partial charge in [-0.1, -0.05) is 37.6 Å². The minimum atomic E-state index is 0.155. The summed E-state index contributed by atoms with van der Waals surface area (Å²) in [6.45, 7) is 3.06. The highest BCUT2D eigenvalue weighted by atomic mass is 16.2. The van der Waals surface area contributed by atoms with Crippen LogP contribution in [0.15, 0.2) is 24.3 Å². The topological polar surface area (TPSA) is 46.3 Å². The minimum Gasteiger partial charge on any atom is -0.339 e. The summed E-state index contributed by atoms with van der Waals surface area (Å²) >= 11 is 0. The Kier molecular flexibility index (Phi) is 5.37. The van der Waals surface area contributed by atoms with E-state index in [4.69, 9.17) is 5.73 Å². The predicted molar refractivity (Wildman–Crippen MR) is 94.2 cm³/mol. The maximum absolute atomic E-state index is 13.1. The molecule has 0 heterocycles. The average Bonchev–Trinajstić information content (AvgIpc) is 2.58. The Bertz CT molecular complexity index is 542. The molecule has 2 N–H and O–H groups in total. The predicted octanol–water partition coefficient (Wildman–Crippen LogP) is 3.30. The van der Waals surface area contributed by atoms with Crippen LogP contribution in [-0.4, -0.2) is 29.4 Å². The van der Waals surface area contributed by atoms with Crippen LogP contribution >= 0.6 is 0 Å². The van der Waals surface area contributed by atoms with E-state index in [0.29, 0.717) is 11.9 Å². The maximum Gasteiger partial charge on any atom is 0.225 e. The zero-order valence-corrected chi connectivity index (χ0v) is 14.3. The zero-order valence-electron chi connectivity index (χ0n) is 14.3. The number of carbonyl (C=O) groups excluding carboxylic acids is 1. The Morgan fingerprint density at radius 1 is 1.22 bits per heavy atom. The molecule has 3 rings (SSSR count). The van der Waals surface area contributed by atoms with Crippen LogP contribution in [0.5, 0.6) is 0 Å². The molecule has 3 unspecified atom stereocenters. The lowest BCUT2D eigenvalue weighted by Crippen LogP contribution is -2.48. The van der Waals surface area contributed by atoms with Crippen LogP contribution in [0.25, 0.3) is 0 Å². The first kappa shape index (κ1) is 16.5. The molecule has 0 saturated heterocycles. The summed E-state index contributed by atoms with van der Waals surface area (Å²) in [5, 5.41) is 0. The van der Waals surface area contributed by atoms with E-state index < -0.39 is 0 Å². The molecule has 3 nitrogen and oxygen atoms in total. The van der Waals surface area contributed by atoms with Crippen LogP contribution in [0.1, 0.15) is 56.6 Å². The molecule has 0 radical (unpaired) electrons. The van der Waals surface area contributed by atoms with Gasteiger partial charge in [0.15, 0.2) is 0 Å². The van der Waals surface area contributed by atoms with Crippen molar-refractivity contribution in [1.82, 2.24) is 4.90 Å². The van der Waals surface area contributed by atoms with Crippen molar-refractivity contribution in [3.63, 3.8) is 0 Å². The average molecular weight is 314 g/mol. The third-order valence-corrected chi connectivity index (χ3v) is 5.57. The molecule has 2 aliphatic rings. The smallest absolute Gasteiger partial charge is 0.225 e. The van der Waals surface area contributed by atoms with Gasteiger partial charge in [0, 0.05) is 24.5 Å². The van der Waals surface area contributed by atoms with Crippen molar-refractivity contribution >= 4 is 5.91 Å². The molecule has 1 aromatic carbocycles. The van der Waals surface area contributed by atoms with Gasteiger partial charge in [-0.15, -0.1) is 0 Å². The van der Waals surface area contributed by atoms with E-state index in [2.05, 4.69) is 36.1 Å². The molecule has 0 bridgehead atoms. The normalized spacial score (nSPS) is 27.3. The lowest BCUT2D eigenvalue weighted by Gasteiger charge is -2.38. The zero-order chi connectivity index (χ0) is 16.2. The number of nitrogens with zero attached hydrogens (tertiary/aromatic N) is 1. The van der Waals surface area contributed by atoms with Gasteiger partial charge in [0.2, 0.25) is 5.91 Å². The fourth-order valence-electron chi connectivity index (χ4n) is 4.34. The van der Waals surface area contributed by atoms with Crippen molar-refractivity contribution in [2.75, 3.05) is 6.54 Å². The fraction of sp³-hybridized carbons (Fsp3) is 0.650. The van der Waals surface area contributed by atoms with Crippen LogP contribution in [0.2, 0.25) is 0 Å². The Hall–Kier alpha value is -1.35. The van der Waals surface area contributed by atoms with Crippen molar-refractivity contribution in [3.8, 4) is 0 Å². The van der Waals surface area contributed by atoms with Crippen molar-refractivity contribution in [1.29, 1.82) is 0 Å². The number of hydrogen-bond acceptors (Lipinski definition) is 2. The van der Waals surface area contributed by atoms with Crippen LogP contribution in [0.4, 0.5) is 0 Å². The SMILES string of the molecule is CCCN(C(=O)C1CCCC(N)C1)C1CCc2ccccc2C1. The summed E-state index contributed by atoms with van der Waals surface area (Å²) in [6, 6.07) is 9.29. The van der Waals surface area contributed by atoms with Crippen LogP contribution in [0, 0.1) is 5.92 Å². The van der Waals surface area contributed by atoms with Gasteiger partial charge in [0.25, 0.3) is 0 Å². The standard InChI is InChI=1S/C20H30N2O/c1-2-12-22(20(23)17-8-5-9-18(21)13-17)19-11-10-15-6-3-4-7-16(15)14-19/h3-4,6-7,17-19H,2,5,8-14,21H2,1H3. The van der Waals surface area contributed by atoms with E-state index in [9.17, 15) is 4.79 Å². The van der Waals surface area contributed by atoms with Crippen molar-refractivity contribution < 1.29 is 4.79 Å². The van der Waals surface area contributed by atoms with Gasteiger partial charge in [-0.2, -0.15) is 0 Å². The molecular formula is C20H30N2O. The summed E-state index contributed by atoms with van der Waals surface area (Å²) in [4.78, 5) is 15.3. The quantitative estimate of drug-likeness (QED) is 0.927. The van der Waals surface area contributed by atoms with Gasteiger partial charge in [0.1, 0.15) is 0 Å². The molecule has 1 fully saturated rings. The fourth-order valence-corrected chi connectivity index (χ4v) is 4.34. The number of fused-ring (bicyclic) bond motifs is 1. The largest absolute Gasteiger partial charge is 0.339 e. The first-order valence-electron chi connectivity index (χ1n) is 9.32. The van der Waals surface area contributed by atoms with E-state index in [1.54, 1.807) is 0 Å². The lowest BCUT2D eigenvalue weighted by atomic mass is 9.83. The number of amides is 1.